The van der Waals surface area contributed by atoms with Crippen LogP contribution in [0.2, 0.25) is 0 Å². The van der Waals surface area contributed by atoms with E-state index in [1.807, 2.05) is 32.2 Å². The highest BCUT2D eigenvalue weighted by atomic mass is 16.5. The molecule has 0 spiro atoms. The van der Waals surface area contributed by atoms with E-state index in [-0.39, 0.29) is 12.1 Å². The maximum Gasteiger partial charge on any atom is 0.124 e. The summed E-state index contributed by atoms with van der Waals surface area (Å²) in [7, 11) is 3.71. The molecular formula is C14H23NO2. The first-order valence-corrected chi connectivity index (χ1v) is 6.20. The Bertz CT molecular complexity index is 324. The Morgan fingerprint density at radius 2 is 1.94 bits per heavy atom. The Kier molecular flexibility index (Phi) is 6.01. The lowest BCUT2D eigenvalue weighted by atomic mass is 9.98. The Balaban J connectivity index is 3.01. The quantitative estimate of drug-likeness (QED) is 0.791. The largest absolute Gasteiger partial charge is 0.494 e. The Morgan fingerprint density at radius 1 is 1.24 bits per heavy atom. The number of nitrogens with one attached hydrogen (secondary N) is 1. The average molecular weight is 237 g/mol. The van der Waals surface area contributed by atoms with Crippen LogP contribution in [-0.4, -0.2) is 26.9 Å². The summed E-state index contributed by atoms with van der Waals surface area (Å²) in [6.45, 7) is 4.80. The standard InChI is InChI=1S/C14H23NO2/c1-5-12(16-4)14(15-3)11-9-7-8-10-13(11)17-6-2/h7-10,12,14-15H,5-6H2,1-4H3. The van der Waals surface area contributed by atoms with Crippen molar-refractivity contribution < 1.29 is 9.47 Å². The Hall–Kier alpha value is -1.06. The van der Waals surface area contributed by atoms with Crippen molar-refractivity contribution in [2.75, 3.05) is 20.8 Å². The molecule has 0 saturated heterocycles. The van der Waals surface area contributed by atoms with Crippen LogP contribution in [0.15, 0.2) is 24.3 Å². The third-order valence-corrected chi connectivity index (χ3v) is 2.94. The molecule has 0 aliphatic rings. The molecule has 1 N–H and O–H groups in total. The van der Waals surface area contributed by atoms with Gasteiger partial charge in [-0.3, -0.25) is 0 Å². The van der Waals surface area contributed by atoms with E-state index in [0.29, 0.717) is 6.61 Å². The number of ether oxygens (including phenoxy) is 2. The maximum absolute atomic E-state index is 5.66. The minimum absolute atomic E-state index is 0.154. The fourth-order valence-electron chi connectivity index (χ4n) is 2.10. The summed E-state index contributed by atoms with van der Waals surface area (Å²) >= 11 is 0. The van der Waals surface area contributed by atoms with Crippen LogP contribution in [0.4, 0.5) is 0 Å². The topological polar surface area (TPSA) is 30.5 Å². The third kappa shape index (κ3) is 3.45. The second-order valence-corrected chi connectivity index (χ2v) is 3.92. The third-order valence-electron chi connectivity index (χ3n) is 2.94. The summed E-state index contributed by atoms with van der Waals surface area (Å²) in [6.07, 6.45) is 1.12. The molecule has 0 fully saturated rings. The predicted molar refractivity (Wildman–Crippen MR) is 70.5 cm³/mol. The molecule has 0 radical (unpaired) electrons. The molecule has 17 heavy (non-hydrogen) atoms. The smallest absolute Gasteiger partial charge is 0.124 e. The summed E-state index contributed by atoms with van der Waals surface area (Å²) in [4.78, 5) is 0. The zero-order valence-electron chi connectivity index (χ0n) is 11.2. The first-order chi connectivity index (χ1) is 8.28. The number of likely N-dealkylation sites (N-methyl/N-ethyl adjacent to an activating group) is 1. The van der Waals surface area contributed by atoms with E-state index in [1.165, 1.54) is 0 Å². The summed E-state index contributed by atoms with van der Waals surface area (Å²) in [6, 6.07) is 8.28. The molecule has 2 unspecified atom stereocenters. The molecule has 0 bridgehead atoms. The van der Waals surface area contributed by atoms with E-state index in [2.05, 4.69) is 18.3 Å². The highest BCUT2D eigenvalue weighted by Gasteiger charge is 2.22. The minimum atomic E-state index is 0.154. The van der Waals surface area contributed by atoms with Crippen molar-refractivity contribution in [3.8, 4) is 5.75 Å². The summed E-state index contributed by atoms with van der Waals surface area (Å²) in [5.41, 5.74) is 1.16. The van der Waals surface area contributed by atoms with Gasteiger partial charge >= 0.3 is 0 Å². The second-order valence-electron chi connectivity index (χ2n) is 3.92. The van der Waals surface area contributed by atoms with Gasteiger partial charge in [0.25, 0.3) is 0 Å². The number of benzene rings is 1. The lowest BCUT2D eigenvalue weighted by Crippen LogP contribution is -2.30. The first kappa shape index (κ1) is 14.0. The zero-order valence-corrected chi connectivity index (χ0v) is 11.2. The molecule has 1 rings (SSSR count). The van der Waals surface area contributed by atoms with Gasteiger partial charge in [0.2, 0.25) is 0 Å². The van der Waals surface area contributed by atoms with Crippen molar-refractivity contribution in [2.45, 2.75) is 32.4 Å². The van der Waals surface area contributed by atoms with Gasteiger partial charge in [0, 0.05) is 12.7 Å². The number of methoxy groups -OCH3 is 1. The molecule has 2 atom stereocenters. The lowest BCUT2D eigenvalue weighted by molar-refractivity contribution is 0.0666. The van der Waals surface area contributed by atoms with Gasteiger partial charge in [0.1, 0.15) is 5.75 Å². The first-order valence-electron chi connectivity index (χ1n) is 6.20. The van der Waals surface area contributed by atoms with Crippen LogP contribution in [0.1, 0.15) is 31.9 Å². The van der Waals surface area contributed by atoms with E-state index in [9.17, 15) is 0 Å². The van der Waals surface area contributed by atoms with E-state index >= 15 is 0 Å². The van der Waals surface area contributed by atoms with Crippen molar-refractivity contribution >= 4 is 0 Å². The molecule has 3 heteroatoms. The molecule has 1 aromatic carbocycles. The molecule has 3 nitrogen and oxygen atoms in total. The van der Waals surface area contributed by atoms with Crippen molar-refractivity contribution in [3.05, 3.63) is 29.8 Å². The molecular weight excluding hydrogens is 214 g/mol. The highest BCUT2D eigenvalue weighted by molar-refractivity contribution is 5.36. The number of hydrogen-bond donors (Lipinski definition) is 1. The zero-order chi connectivity index (χ0) is 12.7. The molecule has 0 aliphatic heterocycles. The molecule has 0 aromatic heterocycles. The fraction of sp³-hybridized carbons (Fsp3) is 0.571. The van der Waals surface area contributed by atoms with Crippen LogP contribution in [0.5, 0.6) is 5.75 Å². The van der Waals surface area contributed by atoms with Gasteiger partial charge in [-0.15, -0.1) is 0 Å². The van der Waals surface area contributed by atoms with E-state index in [1.54, 1.807) is 7.11 Å². The lowest BCUT2D eigenvalue weighted by Gasteiger charge is -2.26. The number of hydrogen-bond acceptors (Lipinski definition) is 3. The van der Waals surface area contributed by atoms with Gasteiger partial charge < -0.3 is 14.8 Å². The summed E-state index contributed by atoms with van der Waals surface area (Å²) in [5, 5.41) is 3.31. The van der Waals surface area contributed by atoms with Gasteiger partial charge in [-0.25, -0.2) is 0 Å². The van der Waals surface area contributed by atoms with Crippen LogP contribution in [0.25, 0.3) is 0 Å². The Labute approximate surface area is 104 Å². The fourth-order valence-corrected chi connectivity index (χ4v) is 2.10. The average Bonchev–Trinajstić information content (AvgIpc) is 2.37. The van der Waals surface area contributed by atoms with Gasteiger partial charge in [-0.1, -0.05) is 25.1 Å². The molecule has 1 aromatic rings. The van der Waals surface area contributed by atoms with Crippen LogP contribution in [-0.2, 0) is 4.74 Å². The van der Waals surface area contributed by atoms with Gasteiger partial charge in [-0.05, 0) is 26.5 Å². The van der Waals surface area contributed by atoms with Crippen LogP contribution in [0.3, 0.4) is 0 Å². The van der Waals surface area contributed by atoms with Crippen LogP contribution in [0, 0.1) is 0 Å². The normalized spacial score (nSPS) is 14.4. The minimum Gasteiger partial charge on any atom is -0.494 e. The molecule has 0 saturated carbocycles. The van der Waals surface area contributed by atoms with Crippen molar-refractivity contribution in [1.29, 1.82) is 0 Å². The van der Waals surface area contributed by atoms with Gasteiger partial charge in [0.15, 0.2) is 0 Å². The monoisotopic (exact) mass is 237 g/mol. The predicted octanol–water partition coefficient (Wildman–Crippen LogP) is 2.77. The second kappa shape index (κ2) is 7.30. The van der Waals surface area contributed by atoms with Crippen molar-refractivity contribution in [1.82, 2.24) is 5.32 Å². The SMILES string of the molecule is CCOc1ccccc1C(NC)C(CC)OC. The maximum atomic E-state index is 5.66. The van der Waals surface area contributed by atoms with Crippen molar-refractivity contribution in [3.63, 3.8) is 0 Å². The molecule has 0 amide bonds. The Morgan fingerprint density at radius 3 is 2.47 bits per heavy atom. The molecule has 0 aliphatic carbocycles. The number of para-hydroxylation sites is 1. The van der Waals surface area contributed by atoms with E-state index < -0.39 is 0 Å². The molecule has 96 valence electrons. The van der Waals surface area contributed by atoms with E-state index in [4.69, 9.17) is 9.47 Å². The summed E-state index contributed by atoms with van der Waals surface area (Å²) in [5.74, 6) is 0.935. The van der Waals surface area contributed by atoms with Crippen LogP contribution < -0.4 is 10.1 Å². The van der Waals surface area contributed by atoms with Crippen LogP contribution >= 0.6 is 0 Å². The summed E-state index contributed by atoms with van der Waals surface area (Å²) < 4.78 is 11.2. The molecule has 0 heterocycles. The van der Waals surface area contributed by atoms with Gasteiger partial charge in [0.05, 0.1) is 18.8 Å². The van der Waals surface area contributed by atoms with E-state index in [0.717, 1.165) is 17.7 Å². The number of rotatable bonds is 7. The van der Waals surface area contributed by atoms with Gasteiger partial charge in [-0.2, -0.15) is 0 Å². The highest BCUT2D eigenvalue weighted by Crippen LogP contribution is 2.29. The van der Waals surface area contributed by atoms with Crippen molar-refractivity contribution in [2.24, 2.45) is 0 Å².